The molecule has 2 rings (SSSR count). The van der Waals surface area contributed by atoms with Crippen LogP contribution in [0.4, 0.5) is 0 Å². The van der Waals surface area contributed by atoms with E-state index in [1.807, 2.05) is 40.8 Å². The van der Waals surface area contributed by atoms with Gasteiger partial charge < -0.3 is 4.90 Å². The van der Waals surface area contributed by atoms with Crippen LogP contribution in [0.5, 0.6) is 0 Å². The van der Waals surface area contributed by atoms with Crippen LogP contribution in [-0.4, -0.2) is 17.4 Å². The van der Waals surface area contributed by atoms with Gasteiger partial charge in [-0.05, 0) is 36.4 Å². The molecule has 0 radical (unpaired) electrons. The summed E-state index contributed by atoms with van der Waals surface area (Å²) in [6, 6.07) is 10.1. The van der Waals surface area contributed by atoms with Crippen LogP contribution in [0.15, 0.2) is 41.1 Å². The lowest BCUT2D eigenvalue weighted by molar-refractivity contribution is 0.0753. The molecule has 0 aliphatic carbocycles. The first-order valence-electron chi connectivity index (χ1n) is 6.08. The van der Waals surface area contributed by atoms with Crippen molar-refractivity contribution in [1.82, 2.24) is 4.90 Å². The Kier molecular flexibility index (Phi) is 4.15. The molecule has 0 fully saturated rings. The van der Waals surface area contributed by atoms with Gasteiger partial charge in [0.25, 0.3) is 5.91 Å². The Bertz CT molecular complexity index is 519. The summed E-state index contributed by atoms with van der Waals surface area (Å²) < 4.78 is 0. The number of nitrogens with zero attached hydrogens (tertiary/aromatic N) is 1. The lowest BCUT2D eigenvalue weighted by Gasteiger charge is -2.21. The SMILES string of the molecule is CCN(Cc1ccccc1C)C(=O)c1ccsc1. The predicted molar refractivity (Wildman–Crippen MR) is 75.9 cm³/mol. The molecule has 3 heteroatoms. The second-order valence-electron chi connectivity index (χ2n) is 4.26. The summed E-state index contributed by atoms with van der Waals surface area (Å²) >= 11 is 1.56. The van der Waals surface area contributed by atoms with E-state index in [0.717, 1.165) is 12.1 Å². The Morgan fingerprint density at radius 3 is 2.67 bits per heavy atom. The molecule has 0 bridgehead atoms. The lowest BCUT2D eigenvalue weighted by Crippen LogP contribution is -2.30. The summed E-state index contributed by atoms with van der Waals surface area (Å²) in [5.74, 6) is 0.113. The number of thiophene rings is 1. The third-order valence-electron chi connectivity index (χ3n) is 3.06. The van der Waals surface area contributed by atoms with Crippen molar-refractivity contribution in [3.63, 3.8) is 0 Å². The van der Waals surface area contributed by atoms with Crippen LogP contribution in [0.2, 0.25) is 0 Å². The Labute approximate surface area is 112 Å². The smallest absolute Gasteiger partial charge is 0.254 e. The summed E-state index contributed by atoms with van der Waals surface area (Å²) in [4.78, 5) is 14.2. The normalized spacial score (nSPS) is 10.3. The molecule has 0 N–H and O–H groups in total. The zero-order chi connectivity index (χ0) is 13.0. The first-order chi connectivity index (χ1) is 8.72. The molecule has 0 unspecified atom stereocenters. The maximum atomic E-state index is 12.3. The fourth-order valence-electron chi connectivity index (χ4n) is 1.89. The van der Waals surface area contributed by atoms with Gasteiger partial charge in [-0.3, -0.25) is 4.79 Å². The molecule has 0 saturated carbocycles. The lowest BCUT2D eigenvalue weighted by atomic mass is 10.1. The minimum absolute atomic E-state index is 0.113. The van der Waals surface area contributed by atoms with Crippen molar-refractivity contribution in [1.29, 1.82) is 0 Å². The van der Waals surface area contributed by atoms with Crippen molar-refractivity contribution in [2.45, 2.75) is 20.4 Å². The van der Waals surface area contributed by atoms with Gasteiger partial charge in [0.2, 0.25) is 0 Å². The number of benzene rings is 1. The van der Waals surface area contributed by atoms with Gasteiger partial charge in [0.15, 0.2) is 0 Å². The zero-order valence-corrected chi connectivity index (χ0v) is 11.5. The highest BCUT2D eigenvalue weighted by Crippen LogP contribution is 2.14. The van der Waals surface area contributed by atoms with Crippen LogP contribution in [0, 0.1) is 6.92 Å². The summed E-state index contributed by atoms with van der Waals surface area (Å²) in [5, 5.41) is 3.84. The highest BCUT2D eigenvalue weighted by molar-refractivity contribution is 7.08. The van der Waals surface area contributed by atoms with E-state index < -0.39 is 0 Å². The molecule has 1 aromatic heterocycles. The van der Waals surface area contributed by atoms with Crippen molar-refractivity contribution in [2.75, 3.05) is 6.54 Å². The van der Waals surface area contributed by atoms with Crippen molar-refractivity contribution in [2.24, 2.45) is 0 Å². The van der Waals surface area contributed by atoms with Gasteiger partial charge in [-0.2, -0.15) is 11.3 Å². The van der Waals surface area contributed by atoms with Crippen molar-refractivity contribution < 1.29 is 4.79 Å². The fourth-order valence-corrected chi connectivity index (χ4v) is 2.52. The third-order valence-corrected chi connectivity index (χ3v) is 3.74. The van der Waals surface area contributed by atoms with Gasteiger partial charge in [0.1, 0.15) is 0 Å². The average Bonchev–Trinajstić information content (AvgIpc) is 2.91. The standard InChI is InChI=1S/C15H17NOS/c1-3-16(15(17)14-8-9-18-11-14)10-13-7-5-4-6-12(13)2/h4-9,11H,3,10H2,1-2H3. The number of carbonyl (C=O) groups excluding carboxylic acids is 1. The molecule has 0 saturated heterocycles. The van der Waals surface area contributed by atoms with Gasteiger partial charge in [-0.1, -0.05) is 24.3 Å². The van der Waals surface area contributed by atoms with Gasteiger partial charge in [0, 0.05) is 18.5 Å². The van der Waals surface area contributed by atoms with Crippen LogP contribution in [0.3, 0.4) is 0 Å². The van der Waals surface area contributed by atoms with E-state index >= 15 is 0 Å². The maximum absolute atomic E-state index is 12.3. The number of hydrogen-bond donors (Lipinski definition) is 0. The molecule has 0 spiro atoms. The van der Waals surface area contributed by atoms with Crippen LogP contribution < -0.4 is 0 Å². The molecule has 0 aliphatic rings. The Hall–Kier alpha value is -1.61. The molecule has 94 valence electrons. The molecular formula is C15H17NOS. The topological polar surface area (TPSA) is 20.3 Å². The van der Waals surface area contributed by atoms with Crippen LogP contribution >= 0.6 is 11.3 Å². The average molecular weight is 259 g/mol. The highest BCUT2D eigenvalue weighted by Gasteiger charge is 2.15. The molecule has 0 atom stereocenters. The molecule has 0 aliphatic heterocycles. The molecule has 1 aromatic carbocycles. The second kappa shape index (κ2) is 5.83. The van der Waals surface area contributed by atoms with E-state index in [-0.39, 0.29) is 5.91 Å². The first kappa shape index (κ1) is 12.8. The second-order valence-corrected chi connectivity index (χ2v) is 5.04. The number of aryl methyl sites for hydroxylation is 1. The minimum atomic E-state index is 0.113. The summed E-state index contributed by atoms with van der Waals surface area (Å²) in [6.45, 7) is 5.50. The Morgan fingerprint density at radius 1 is 1.28 bits per heavy atom. The third kappa shape index (κ3) is 2.79. The largest absolute Gasteiger partial charge is 0.335 e. The number of carbonyl (C=O) groups is 1. The Balaban J connectivity index is 2.15. The van der Waals surface area contributed by atoms with E-state index in [0.29, 0.717) is 6.54 Å². The zero-order valence-electron chi connectivity index (χ0n) is 10.7. The van der Waals surface area contributed by atoms with Crippen molar-refractivity contribution in [3.8, 4) is 0 Å². The monoisotopic (exact) mass is 259 g/mol. The van der Waals surface area contributed by atoms with Crippen molar-refractivity contribution in [3.05, 3.63) is 57.8 Å². The molecule has 2 nitrogen and oxygen atoms in total. The van der Waals surface area contributed by atoms with E-state index in [4.69, 9.17) is 0 Å². The quantitative estimate of drug-likeness (QED) is 0.819. The molecule has 1 heterocycles. The molecule has 18 heavy (non-hydrogen) atoms. The van der Waals surface area contributed by atoms with Crippen LogP contribution in [0.1, 0.15) is 28.4 Å². The number of amides is 1. The number of hydrogen-bond acceptors (Lipinski definition) is 2. The molecule has 2 aromatic rings. The Morgan fingerprint density at radius 2 is 2.06 bits per heavy atom. The van der Waals surface area contributed by atoms with Gasteiger partial charge in [0.05, 0.1) is 5.56 Å². The highest BCUT2D eigenvalue weighted by atomic mass is 32.1. The maximum Gasteiger partial charge on any atom is 0.254 e. The van der Waals surface area contributed by atoms with E-state index in [2.05, 4.69) is 19.1 Å². The van der Waals surface area contributed by atoms with Crippen LogP contribution in [0.25, 0.3) is 0 Å². The summed E-state index contributed by atoms with van der Waals surface area (Å²) in [7, 11) is 0. The van der Waals surface area contributed by atoms with E-state index in [9.17, 15) is 4.79 Å². The summed E-state index contributed by atoms with van der Waals surface area (Å²) in [5.41, 5.74) is 3.23. The predicted octanol–water partition coefficient (Wildman–Crippen LogP) is 3.72. The summed E-state index contributed by atoms with van der Waals surface area (Å²) in [6.07, 6.45) is 0. The van der Waals surface area contributed by atoms with Gasteiger partial charge in [-0.25, -0.2) is 0 Å². The van der Waals surface area contributed by atoms with E-state index in [1.165, 1.54) is 11.1 Å². The van der Waals surface area contributed by atoms with E-state index in [1.54, 1.807) is 11.3 Å². The van der Waals surface area contributed by atoms with Gasteiger partial charge >= 0.3 is 0 Å². The minimum Gasteiger partial charge on any atom is -0.335 e. The number of rotatable bonds is 4. The molecular weight excluding hydrogens is 242 g/mol. The first-order valence-corrected chi connectivity index (χ1v) is 7.02. The fraction of sp³-hybridized carbons (Fsp3) is 0.267. The van der Waals surface area contributed by atoms with Gasteiger partial charge in [-0.15, -0.1) is 0 Å². The van der Waals surface area contributed by atoms with Crippen LogP contribution in [-0.2, 0) is 6.54 Å². The molecule has 1 amide bonds. The van der Waals surface area contributed by atoms with Crippen molar-refractivity contribution >= 4 is 17.2 Å².